The van der Waals surface area contributed by atoms with Crippen LogP contribution in [0.5, 0.6) is 0 Å². The maximum absolute atomic E-state index is 13.0. The summed E-state index contributed by atoms with van der Waals surface area (Å²) in [5.74, 6) is -0.508. The van der Waals surface area contributed by atoms with Crippen LogP contribution in [0, 0.1) is 0 Å². The lowest BCUT2D eigenvalue weighted by Crippen LogP contribution is -2.26. The summed E-state index contributed by atoms with van der Waals surface area (Å²) in [5.41, 5.74) is 12.6. The third kappa shape index (κ3) is 6.26. The third-order valence-corrected chi connectivity index (χ3v) is 6.57. The summed E-state index contributed by atoms with van der Waals surface area (Å²) in [7, 11) is 2.09. The Labute approximate surface area is 210 Å². The van der Waals surface area contributed by atoms with Crippen LogP contribution in [-0.4, -0.2) is 39.8 Å². The number of hydrogen-bond acceptors (Lipinski definition) is 5. The standard InChI is InChI=1S/C16H18F3N5.C9H12.C2H5N/c1-23-4-2-15(9-23)3-5-24-13(15)7-12(22-24)10-6-11(16(17,18)19)14(20)21-8-10;1-2-6-9-7-4-3-5-8-9;1-2-3/h6-8H,2-5,9H2,1H3,(H2,20,21);3-5,7-8H,2,6H2,1H3;2H,1,3H2. The molecule has 2 aliphatic heterocycles. The number of benzene rings is 1. The fraction of sp³-hybridized carbons (Fsp3) is 0.407. The molecule has 6 nitrogen and oxygen atoms in total. The first kappa shape index (κ1) is 27.3. The van der Waals surface area contributed by atoms with Crippen LogP contribution in [-0.2, 0) is 24.6 Å². The molecule has 1 spiro atoms. The molecule has 4 N–H and O–H groups in total. The zero-order valence-electron chi connectivity index (χ0n) is 20.9. The molecule has 1 saturated heterocycles. The second-order valence-electron chi connectivity index (χ2n) is 9.28. The number of nitrogen functional groups attached to an aromatic ring is 1. The van der Waals surface area contributed by atoms with Gasteiger partial charge in [0.25, 0.3) is 0 Å². The number of nitrogens with two attached hydrogens (primary N) is 2. The molecule has 194 valence electrons. The van der Waals surface area contributed by atoms with E-state index in [1.54, 1.807) is 0 Å². The van der Waals surface area contributed by atoms with Crippen LogP contribution in [0.25, 0.3) is 11.3 Å². The summed E-state index contributed by atoms with van der Waals surface area (Å²) in [4.78, 5) is 5.99. The molecule has 4 heterocycles. The number of halogens is 3. The van der Waals surface area contributed by atoms with Crippen LogP contribution < -0.4 is 11.5 Å². The molecule has 2 aromatic heterocycles. The highest BCUT2D eigenvalue weighted by molar-refractivity contribution is 5.63. The lowest BCUT2D eigenvalue weighted by molar-refractivity contribution is -0.137. The quantitative estimate of drug-likeness (QED) is 0.513. The molecular weight excluding hydrogens is 465 g/mol. The van der Waals surface area contributed by atoms with Gasteiger partial charge in [0.1, 0.15) is 5.82 Å². The Bertz CT molecular complexity index is 1140. The monoisotopic (exact) mass is 500 g/mol. The van der Waals surface area contributed by atoms with Crippen LogP contribution in [0.15, 0.2) is 61.4 Å². The Morgan fingerprint density at radius 3 is 2.39 bits per heavy atom. The second kappa shape index (κ2) is 11.6. The minimum Gasteiger partial charge on any atom is -0.405 e. The Morgan fingerprint density at radius 1 is 1.14 bits per heavy atom. The number of likely N-dealkylation sites (tertiary alicyclic amines) is 1. The van der Waals surface area contributed by atoms with Gasteiger partial charge < -0.3 is 16.4 Å². The van der Waals surface area contributed by atoms with Crippen molar-refractivity contribution in [1.29, 1.82) is 0 Å². The lowest BCUT2D eigenvalue weighted by Gasteiger charge is -2.21. The van der Waals surface area contributed by atoms with E-state index in [9.17, 15) is 13.2 Å². The van der Waals surface area contributed by atoms with E-state index in [-0.39, 0.29) is 5.41 Å². The molecule has 0 aliphatic carbocycles. The van der Waals surface area contributed by atoms with Crippen molar-refractivity contribution in [2.75, 3.05) is 25.9 Å². The van der Waals surface area contributed by atoms with Gasteiger partial charge in [-0.25, -0.2) is 4.98 Å². The van der Waals surface area contributed by atoms with Gasteiger partial charge in [0.05, 0.1) is 11.3 Å². The van der Waals surface area contributed by atoms with Crippen molar-refractivity contribution in [3.63, 3.8) is 0 Å². The number of alkyl halides is 3. The van der Waals surface area contributed by atoms with Gasteiger partial charge in [-0.3, -0.25) is 4.68 Å². The van der Waals surface area contributed by atoms with Gasteiger partial charge in [0.15, 0.2) is 0 Å². The Hall–Kier alpha value is -3.33. The first-order chi connectivity index (χ1) is 17.1. The highest BCUT2D eigenvalue weighted by atomic mass is 19.4. The summed E-state index contributed by atoms with van der Waals surface area (Å²) >= 11 is 0. The van der Waals surface area contributed by atoms with E-state index >= 15 is 0 Å². The maximum Gasteiger partial charge on any atom is 0.419 e. The molecule has 5 rings (SSSR count). The molecule has 1 unspecified atom stereocenters. The minimum absolute atomic E-state index is 0.0775. The second-order valence-corrected chi connectivity index (χ2v) is 9.28. The molecule has 0 bridgehead atoms. The predicted molar refractivity (Wildman–Crippen MR) is 138 cm³/mol. The van der Waals surface area contributed by atoms with Crippen molar-refractivity contribution in [3.8, 4) is 11.3 Å². The summed E-state index contributed by atoms with van der Waals surface area (Å²) in [6, 6.07) is 13.5. The van der Waals surface area contributed by atoms with Crippen LogP contribution >= 0.6 is 0 Å². The van der Waals surface area contributed by atoms with E-state index in [4.69, 9.17) is 5.73 Å². The molecule has 0 radical (unpaired) electrons. The van der Waals surface area contributed by atoms with Crippen LogP contribution in [0.2, 0.25) is 0 Å². The molecule has 3 aromatic rings. The van der Waals surface area contributed by atoms with Crippen LogP contribution in [0.3, 0.4) is 0 Å². The minimum atomic E-state index is -4.52. The molecule has 0 saturated carbocycles. The van der Waals surface area contributed by atoms with Crippen LogP contribution in [0.4, 0.5) is 19.0 Å². The molecular formula is C27H35F3N6. The molecule has 1 fully saturated rings. The van der Waals surface area contributed by atoms with Crippen molar-refractivity contribution >= 4 is 5.82 Å². The SMILES string of the molecule is C=CN.CCCc1ccccc1.CN1CCC2(CCn3nc(-c4cnc(N)c(C(F)(F)F)c4)cc32)C1. The van der Waals surface area contributed by atoms with Gasteiger partial charge in [-0.1, -0.05) is 50.3 Å². The number of fused-ring (bicyclic) bond motifs is 2. The van der Waals surface area contributed by atoms with Crippen LogP contribution in [0.1, 0.15) is 43.0 Å². The fourth-order valence-corrected chi connectivity index (χ4v) is 4.87. The van der Waals surface area contributed by atoms with E-state index in [1.165, 1.54) is 30.8 Å². The van der Waals surface area contributed by atoms with Gasteiger partial charge in [0, 0.05) is 36.0 Å². The fourth-order valence-electron chi connectivity index (χ4n) is 4.87. The van der Waals surface area contributed by atoms with Gasteiger partial charge >= 0.3 is 6.18 Å². The van der Waals surface area contributed by atoms with Crippen molar-refractivity contribution in [2.24, 2.45) is 5.73 Å². The van der Waals surface area contributed by atoms with Gasteiger partial charge in [-0.05, 0) is 56.8 Å². The van der Waals surface area contributed by atoms with Crippen molar-refractivity contribution < 1.29 is 13.2 Å². The summed E-state index contributed by atoms with van der Waals surface area (Å²) < 4.78 is 41.0. The zero-order valence-corrected chi connectivity index (χ0v) is 20.9. The zero-order chi connectivity index (χ0) is 26.3. The molecule has 0 amide bonds. The van der Waals surface area contributed by atoms with E-state index in [2.05, 4.69) is 71.6 Å². The highest BCUT2D eigenvalue weighted by Gasteiger charge is 2.44. The topological polar surface area (TPSA) is 86.0 Å². The number of likely N-dealkylation sites (N-methyl/N-ethyl adjacent to an activating group) is 1. The van der Waals surface area contributed by atoms with Crippen molar-refractivity contribution in [2.45, 2.75) is 50.7 Å². The molecule has 1 aromatic carbocycles. The van der Waals surface area contributed by atoms with Gasteiger partial charge in [-0.15, -0.1) is 0 Å². The molecule has 9 heteroatoms. The van der Waals surface area contributed by atoms with Gasteiger partial charge in [-0.2, -0.15) is 18.3 Å². The van der Waals surface area contributed by atoms with E-state index in [0.717, 1.165) is 44.2 Å². The first-order valence-corrected chi connectivity index (χ1v) is 12.1. The third-order valence-electron chi connectivity index (χ3n) is 6.57. The van der Waals surface area contributed by atoms with Crippen molar-refractivity contribution in [1.82, 2.24) is 19.7 Å². The number of nitrogens with zero attached hydrogens (tertiary/aromatic N) is 4. The summed E-state index contributed by atoms with van der Waals surface area (Å²) in [5, 5.41) is 4.51. The number of rotatable bonds is 3. The Balaban J connectivity index is 0.000000251. The van der Waals surface area contributed by atoms with E-state index in [1.807, 2.05) is 10.7 Å². The summed E-state index contributed by atoms with van der Waals surface area (Å²) in [6.07, 6.45) is 2.63. The highest BCUT2D eigenvalue weighted by Crippen LogP contribution is 2.43. The van der Waals surface area contributed by atoms with Gasteiger partial charge in [0.2, 0.25) is 0 Å². The normalized spacial score (nSPS) is 18.7. The Kier molecular flexibility index (Phi) is 8.79. The average Bonchev–Trinajstić information content (AvgIpc) is 3.52. The predicted octanol–water partition coefficient (Wildman–Crippen LogP) is 5.25. The van der Waals surface area contributed by atoms with E-state index < -0.39 is 17.6 Å². The maximum atomic E-state index is 13.0. The Morgan fingerprint density at radius 2 is 1.81 bits per heavy atom. The number of aromatic nitrogens is 3. The average molecular weight is 501 g/mol. The smallest absolute Gasteiger partial charge is 0.405 e. The number of aryl methyl sites for hydroxylation is 2. The number of anilines is 1. The first-order valence-electron chi connectivity index (χ1n) is 12.1. The van der Waals surface area contributed by atoms with E-state index in [0.29, 0.717) is 11.3 Å². The summed E-state index contributed by atoms with van der Waals surface area (Å²) in [6.45, 7) is 8.14. The molecule has 1 atom stereocenters. The number of pyridine rings is 1. The largest absolute Gasteiger partial charge is 0.419 e. The lowest BCUT2D eigenvalue weighted by atomic mass is 9.82. The number of hydrogen-bond donors (Lipinski definition) is 2. The molecule has 36 heavy (non-hydrogen) atoms. The molecule has 2 aliphatic rings. The van der Waals surface area contributed by atoms with Crippen molar-refractivity contribution in [3.05, 3.63) is 78.3 Å².